The first-order valence-corrected chi connectivity index (χ1v) is 11.6. The number of rotatable bonds is 10. The van der Waals surface area contributed by atoms with Gasteiger partial charge in [-0.25, -0.2) is 4.79 Å². The Morgan fingerprint density at radius 1 is 0.879 bits per heavy atom. The molecule has 0 N–H and O–H groups in total. The Morgan fingerprint density at radius 2 is 1.33 bits per heavy atom. The van der Waals surface area contributed by atoms with Crippen LogP contribution in [0.4, 0.5) is 4.79 Å². The van der Waals surface area contributed by atoms with Crippen molar-refractivity contribution in [2.24, 2.45) is 0 Å². The van der Waals surface area contributed by atoms with Gasteiger partial charge in [-0.15, -0.1) is 0 Å². The van der Waals surface area contributed by atoms with E-state index in [1.54, 1.807) is 69.3 Å². The lowest BCUT2D eigenvalue weighted by atomic mass is 10.2. The Morgan fingerprint density at radius 3 is 1.73 bits per heavy atom. The molecule has 2 aromatic rings. The van der Waals surface area contributed by atoms with Crippen LogP contribution in [0.2, 0.25) is 0 Å². The minimum atomic E-state index is -4.43. The number of carbonyl (C=O) groups is 2. The lowest BCUT2D eigenvalue weighted by Gasteiger charge is -2.31. The molecule has 2 rings (SSSR count). The fourth-order valence-corrected chi connectivity index (χ4v) is 4.23. The third-order valence-corrected chi connectivity index (χ3v) is 6.25. The molecule has 0 saturated heterocycles. The Labute approximate surface area is 195 Å². The zero-order valence-electron chi connectivity index (χ0n) is 19.5. The molecule has 9 nitrogen and oxygen atoms in total. The number of nitrogens with zero attached hydrogens (tertiary/aromatic N) is 2. The second-order valence-electron chi connectivity index (χ2n) is 8.15. The van der Waals surface area contributed by atoms with Crippen LogP contribution < -0.4 is 9.47 Å². The van der Waals surface area contributed by atoms with Crippen LogP contribution in [-0.4, -0.2) is 55.8 Å². The predicted octanol–water partition coefficient (Wildman–Crippen LogP) is 3.39. The fourth-order valence-electron chi connectivity index (χ4n) is 2.85. The van der Waals surface area contributed by atoms with E-state index in [4.69, 9.17) is 14.2 Å². The van der Waals surface area contributed by atoms with E-state index in [9.17, 15) is 18.0 Å². The van der Waals surface area contributed by atoms with Crippen molar-refractivity contribution in [2.45, 2.75) is 39.5 Å². The second kappa shape index (κ2) is 11.2. The summed E-state index contributed by atoms with van der Waals surface area (Å²) in [6.45, 7) is 4.10. The summed E-state index contributed by atoms with van der Waals surface area (Å²) in [6.07, 6.45) is -0.564. The summed E-state index contributed by atoms with van der Waals surface area (Å²) in [5, 5.41) is 0. The number of carbonyl (C=O) groups excluding carboxylic acids is 2. The highest BCUT2D eigenvalue weighted by molar-refractivity contribution is 7.87. The number of aldehydes is 1. The molecule has 2 aromatic carbocycles. The highest BCUT2D eigenvalue weighted by Crippen LogP contribution is 2.22. The van der Waals surface area contributed by atoms with Crippen LogP contribution in [0, 0.1) is 0 Å². The van der Waals surface area contributed by atoms with E-state index < -0.39 is 28.4 Å². The van der Waals surface area contributed by atoms with Gasteiger partial charge < -0.3 is 19.0 Å². The first-order valence-electron chi connectivity index (χ1n) is 10.2. The van der Waals surface area contributed by atoms with E-state index in [1.165, 1.54) is 14.2 Å². The number of ether oxygens (including phenoxy) is 3. The van der Waals surface area contributed by atoms with Crippen LogP contribution in [0.25, 0.3) is 0 Å². The number of hydrogen-bond donors (Lipinski definition) is 0. The third-order valence-electron chi connectivity index (χ3n) is 4.48. The van der Waals surface area contributed by atoms with E-state index >= 15 is 0 Å². The maximum atomic E-state index is 13.5. The normalized spacial score (nSPS) is 11.7. The SMILES string of the molecule is COc1ccc(CN(CC=O)S(=O)(=O)N(Cc2ccc(OC)cc2)C(=O)OC(C)(C)C)cc1. The summed E-state index contributed by atoms with van der Waals surface area (Å²) >= 11 is 0. The third kappa shape index (κ3) is 7.47. The van der Waals surface area contributed by atoms with Gasteiger partial charge in [0.05, 0.1) is 27.3 Å². The minimum Gasteiger partial charge on any atom is -0.497 e. The van der Waals surface area contributed by atoms with Crippen molar-refractivity contribution in [3.8, 4) is 11.5 Å². The molecule has 0 aliphatic heterocycles. The van der Waals surface area contributed by atoms with E-state index in [-0.39, 0.29) is 13.1 Å². The number of methoxy groups -OCH3 is 2. The minimum absolute atomic E-state index is 0.118. The monoisotopic (exact) mass is 478 g/mol. The van der Waals surface area contributed by atoms with Crippen molar-refractivity contribution in [3.63, 3.8) is 0 Å². The maximum Gasteiger partial charge on any atom is 0.425 e. The summed E-state index contributed by atoms with van der Waals surface area (Å²) in [4.78, 5) is 24.3. The second-order valence-corrected chi connectivity index (χ2v) is 10.0. The van der Waals surface area contributed by atoms with Crippen LogP contribution in [0.1, 0.15) is 31.9 Å². The Kier molecular flexibility index (Phi) is 8.84. The predicted molar refractivity (Wildman–Crippen MR) is 123 cm³/mol. The highest BCUT2D eigenvalue weighted by atomic mass is 32.2. The van der Waals surface area contributed by atoms with Gasteiger partial charge in [-0.2, -0.15) is 17.0 Å². The van der Waals surface area contributed by atoms with E-state index in [2.05, 4.69) is 0 Å². The molecule has 10 heteroatoms. The summed E-state index contributed by atoms with van der Waals surface area (Å²) in [5.41, 5.74) is 0.242. The first kappa shape index (κ1) is 26.1. The largest absolute Gasteiger partial charge is 0.497 e. The molecule has 0 unspecified atom stereocenters. The summed E-state index contributed by atoms with van der Waals surface area (Å²) in [5.74, 6) is 1.20. The van der Waals surface area contributed by atoms with Crippen molar-refractivity contribution in [1.82, 2.24) is 8.61 Å². The van der Waals surface area contributed by atoms with Crippen molar-refractivity contribution < 1.29 is 32.2 Å². The number of amides is 1. The molecule has 0 aliphatic carbocycles. The zero-order chi connectivity index (χ0) is 24.6. The average molecular weight is 479 g/mol. The summed E-state index contributed by atoms with van der Waals surface area (Å²) < 4.78 is 44.3. The Bertz CT molecular complexity index is 1030. The molecule has 180 valence electrons. The van der Waals surface area contributed by atoms with Crippen LogP contribution in [-0.2, 0) is 32.8 Å². The standard InChI is InChI=1S/C23H30N2O7S/c1-23(2,3)32-22(27)25(17-19-8-12-21(31-5)13-9-19)33(28,29)24(14-15-26)16-18-6-10-20(30-4)11-7-18/h6-13,15H,14,16-17H2,1-5H3. The zero-order valence-corrected chi connectivity index (χ0v) is 20.3. The molecule has 0 aliphatic rings. The lowest BCUT2D eigenvalue weighted by Crippen LogP contribution is -2.48. The molecule has 1 amide bonds. The van der Waals surface area contributed by atoms with Crippen molar-refractivity contribution in [2.75, 3.05) is 20.8 Å². The molecule has 0 atom stereocenters. The summed E-state index contributed by atoms with van der Waals surface area (Å²) in [7, 11) is -1.39. The molecule has 0 aromatic heterocycles. The van der Waals surface area contributed by atoms with Gasteiger partial charge in [0.2, 0.25) is 0 Å². The molecule has 0 spiro atoms. The van der Waals surface area contributed by atoms with Gasteiger partial charge in [0.15, 0.2) is 0 Å². The van der Waals surface area contributed by atoms with Crippen LogP contribution in [0.15, 0.2) is 48.5 Å². The van der Waals surface area contributed by atoms with Crippen molar-refractivity contribution in [1.29, 1.82) is 0 Å². The van der Waals surface area contributed by atoms with E-state index in [1.807, 2.05) is 0 Å². The smallest absolute Gasteiger partial charge is 0.425 e. The van der Waals surface area contributed by atoms with Gasteiger partial charge in [-0.05, 0) is 56.2 Å². The van der Waals surface area contributed by atoms with Gasteiger partial charge in [0.1, 0.15) is 23.4 Å². The molecule has 33 heavy (non-hydrogen) atoms. The average Bonchev–Trinajstić information content (AvgIpc) is 2.76. The topological polar surface area (TPSA) is 102 Å². The number of hydrogen-bond acceptors (Lipinski definition) is 7. The Hall–Kier alpha value is -3.11. The molecular weight excluding hydrogens is 448 g/mol. The molecule has 0 heterocycles. The highest BCUT2D eigenvalue weighted by Gasteiger charge is 2.36. The van der Waals surface area contributed by atoms with Crippen LogP contribution in [0.5, 0.6) is 11.5 Å². The molecule has 0 radical (unpaired) electrons. The summed E-state index contributed by atoms with van der Waals surface area (Å²) in [6, 6.07) is 13.4. The lowest BCUT2D eigenvalue weighted by molar-refractivity contribution is -0.108. The van der Waals surface area contributed by atoms with Gasteiger partial charge >= 0.3 is 16.3 Å². The van der Waals surface area contributed by atoms with Crippen LogP contribution >= 0.6 is 0 Å². The van der Waals surface area contributed by atoms with E-state index in [0.717, 1.165) is 4.31 Å². The van der Waals surface area contributed by atoms with Gasteiger partial charge in [-0.3, -0.25) is 0 Å². The maximum absolute atomic E-state index is 13.5. The number of benzene rings is 2. The first-order chi connectivity index (χ1) is 15.5. The molecule has 0 bridgehead atoms. The van der Waals surface area contributed by atoms with Crippen LogP contribution in [0.3, 0.4) is 0 Å². The molecular formula is C23H30N2O7S. The van der Waals surface area contributed by atoms with Crippen molar-refractivity contribution in [3.05, 3.63) is 59.7 Å². The quantitative estimate of drug-likeness (QED) is 0.482. The molecule has 0 saturated carbocycles. The van der Waals surface area contributed by atoms with Gasteiger partial charge in [0.25, 0.3) is 0 Å². The van der Waals surface area contributed by atoms with Gasteiger partial charge in [-0.1, -0.05) is 24.3 Å². The van der Waals surface area contributed by atoms with Crippen molar-refractivity contribution >= 4 is 22.6 Å². The van der Waals surface area contributed by atoms with Gasteiger partial charge in [0, 0.05) is 6.54 Å². The molecule has 0 fully saturated rings. The van der Waals surface area contributed by atoms with E-state index in [0.29, 0.717) is 33.2 Å². The fraction of sp³-hybridized carbons (Fsp3) is 0.391. The Balaban J connectivity index is 2.41.